The fraction of sp³-hybridized carbons (Fsp3) is 0.455. The van der Waals surface area contributed by atoms with E-state index in [1.807, 2.05) is 26.8 Å². The summed E-state index contributed by atoms with van der Waals surface area (Å²) in [4.78, 5) is 4.27. The van der Waals surface area contributed by atoms with E-state index < -0.39 is 0 Å². The number of nitrogens with two attached hydrogens (primary N) is 1. The summed E-state index contributed by atoms with van der Waals surface area (Å²) < 4.78 is 10.3. The maximum Gasteiger partial charge on any atom is 0.244 e. The zero-order valence-electron chi connectivity index (χ0n) is 9.60. The molecule has 2 aromatic heterocycles. The van der Waals surface area contributed by atoms with Crippen LogP contribution in [0, 0.1) is 12.8 Å². The smallest absolute Gasteiger partial charge is 0.244 e. The topological polar surface area (TPSA) is 78.1 Å². The Hall–Kier alpha value is -1.62. The van der Waals surface area contributed by atoms with Gasteiger partial charge in [-0.15, -0.1) is 0 Å². The van der Waals surface area contributed by atoms with E-state index in [9.17, 15) is 0 Å². The maximum atomic E-state index is 5.92. The van der Waals surface area contributed by atoms with Crippen LogP contribution in [0.4, 0.5) is 0 Å². The van der Waals surface area contributed by atoms with Crippen LogP contribution in [0.15, 0.2) is 21.3 Å². The van der Waals surface area contributed by atoms with Crippen LogP contribution < -0.4 is 5.73 Å². The fourth-order valence-corrected chi connectivity index (χ4v) is 1.38. The minimum Gasteiger partial charge on any atom is -0.469 e. The Labute approximate surface area is 93.6 Å². The highest BCUT2D eigenvalue weighted by atomic mass is 16.5. The third-order valence-corrected chi connectivity index (χ3v) is 2.54. The number of aryl methyl sites for hydroxylation is 1. The quantitative estimate of drug-likeness (QED) is 0.860. The van der Waals surface area contributed by atoms with Crippen LogP contribution in [0.3, 0.4) is 0 Å². The van der Waals surface area contributed by atoms with Crippen LogP contribution in [0.25, 0.3) is 11.4 Å². The highest BCUT2D eigenvalue weighted by molar-refractivity contribution is 5.56. The zero-order chi connectivity index (χ0) is 11.7. The molecule has 0 aliphatic heterocycles. The van der Waals surface area contributed by atoms with E-state index in [0.29, 0.717) is 11.7 Å². The molecule has 0 saturated heterocycles. The summed E-state index contributed by atoms with van der Waals surface area (Å²) in [5.74, 6) is 2.02. The number of rotatable bonds is 3. The van der Waals surface area contributed by atoms with Crippen LogP contribution in [-0.4, -0.2) is 10.1 Å². The Kier molecular flexibility index (Phi) is 2.78. The molecule has 0 aliphatic rings. The summed E-state index contributed by atoms with van der Waals surface area (Å²) in [6.07, 6.45) is 1.60. The molecule has 0 bridgehead atoms. The van der Waals surface area contributed by atoms with Gasteiger partial charge in [-0.2, -0.15) is 4.98 Å². The van der Waals surface area contributed by atoms with Gasteiger partial charge in [-0.1, -0.05) is 19.0 Å². The van der Waals surface area contributed by atoms with Gasteiger partial charge in [0.15, 0.2) is 0 Å². The lowest BCUT2D eigenvalue weighted by Gasteiger charge is -2.09. The summed E-state index contributed by atoms with van der Waals surface area (Å²) in [6, 6.07) is 1.58. The molecule has 0 aliphatic carbocycles. The summed E-state index contributed by atoms with van der Waals surface area (Å²) in [5, 5.41) is 3.90. The molecule has 2 N–H and O–H groups in total. The Morgan fingerprint density at radius 2 is 2.12 bits per heavy atom. The third-order valence-electron chi connectivity index (χ3n) is 2.54. The summed E-state index contributed by atoms with van der Waals surface area (Å²) >= 11 is 0. The lowest BCUT2D eigenvalue weighted by atomic mass is 10.1. The number of aromatic nitrogens is 2. The molecule has 5 heteroatoms. The van der Waals surface area contributed by atoms with Crippen molar-refractivity contribution in [3.05, 3.63) is 24.0 Å². The number of hydrogen-bond acceptors (Lipinski definition) is 5. The van der Waals surface area contributed by atoms with E-state index >= 15 is 0 Å². The van der Waals surface area contributed by atoms with Crippen LogP contribution in [0.5, 0.6) is 0 Å². The van der Waals surface area contributed by atoms with E-state index in [4.69, 9.17) is 14.7 Å². The Balaban J connectivity index is 2.30. The van der Waals surface area contributed by atoms with Crippen molar-refractivity contribution in [3.8, 4) is 11.4 Å². The molecule has 2 rings (SSSR count). The molecule has 2 aromatic rings. The van der Waals surface area contributed by atoms with Gasteiger partial charge in [0.2, 0.25) is 11.7 Å². The van der Waals surface area contributed by atoms with Crippen molar-refractivity contribution in [1.29, 1.82) is 0 Å². The molecule has 0 saturated carbocycles. The first kappa shape index (κ1) is 10.9. The van der Waals surface area contributed by atoms with Gasteiger partial charge in [0.1, 0.15) is 5.76 Å². The second-order valence-electron chi connectivity index (χ2n) is 4.12. The van der Waals surface area contributed by atoms with Crippen molar-refractivity contribution in [2.75, 3.05) is 0 Å². The summed E-state index contributed by atoms with van der Waals surface area (Å²) in [6.45, 7) is 5.88. The Morgan fingerprint density at radius 1 is 1.38 bits per heavy atom. The van der Waals surface area contributed by atoms with E-state index in [1.165, 1.54) is 0 Å². The van der Waals surface area contributed by atoms with E-state index in [-0.39, 0.29) is 12.0 Å². The molecule has 1 atom stereocenters. The molecule has 0 spiro atoms. The van der Waals surface area contributed by atoms with Crippen molar-refractivity contribution in [2.24, 2.45) is 11.7 Å². The first-order valence-electron chi connectivity index (χ1n) is 5.23. The molecular formula is C11H15N3O2. The van der Waals surface area contributed by atoms with Crippen molar-refractivity contribution < 1.29 is 8.94 Å². The second-order valence-corrected chi connectivity index (χ2v) is 4.12. The van der Waals surface area contributed by atoms with Gasteiger partial charge in [-0.25, -0.2) is 0 Å². The van der Waals surface area contributed by atoms with Crippen molar-refractivity contribution in [2.45, 2.75) is 26.8 Å². The normalized spacial score (nSPS) is 13.3. The monoisotopic (exact) mass is 221 g/mol. The van der Waals surface area contributed by atoms with Gasteiger partial charge >= 0.3 is 0 Å². The summed E-state index contributed by atoms with van der Waals surface area (Å²) in [7, 11) is 0. The summed E-state index contributed by atoms with van der Waals surface area (Å²) in [5.41, 5.74) is 6.76. The highest BCUT2D eigenvalue weighted by Crippen LogP contribution is 2.24. The average Bonchev–Trinajstić information content (AvgIpc) is 2.84. The van der Waals surface area contributed by atoms with Crippen molar-refractivity contribution in [3.63, 3.8) is 0 Å². The van der Waals surface area contributed by atoms with Crippen molar-refractivity contribution in [1.82, 2.24) is 10.1 Å². The fourth-order valence-electron chi connectivity index (χ4n) is 1.38. The molecule has 16 heavy (non-hydrogen) atoms. The van der Waals surface area contributed by atoms with Gasteiger partial charge in [-0.05, 0) is 18.9 Å². The van der Waals surface area contributed by atoms with E-state index in [1.54, 1.807) is 6.26 Å². The Morgan fingerprint density at radius 3 is 2.69 bits per heavy atom. The molecular weight excluding hydrogens is 206 g/mol. The average molecular weight is 221 g/mol. The standard InChI is InChI=1S/C11H15N3O2/c1-6(2)9(12)11-13-10(14-16-11)8-4-5-15-7(8)3/h4-6,9H,12H2,1-3H3/t9-/m1/s1. The molecule has 0 radical (unpaired) electrons. The molecule has 0 amide bonds. The zero-order valence-corrected chi connectivity index (χ0v) is 9.60. The molecule has 0 aromatic carbocycles. The first-order valence-corrected chi connectivity index (χ1v) is 5.23. The SMILES string of the molecule is Cc1occc1-c1noc([C@H](N)C(C)C)n1. The van der Waals surface area contributed by atoms with Gasteiger partial charge < -0.3 is 14.7 Å². The molecule has 0 unspecified atom stereocenters. The maximum absolute atomic E-state index is 5.92. The molecule has 0 fully saturated rings. The van der Waals surface area contributed by atoms with Gasteiger partial charge in [0.05, 0.1) is 17.9 Å². The Bertz CT molecular complexity index is 473. The second kappa shape index (κ2) is 4.09. The predicted molar refractivity (Wildman–Crippen MR) is 58.5 cm³/mol. The minimum atomic E-state index is -0.228. The van der Waals surface area contributed by atoms with Crippen LogP contribution in [-0.2, 0) is 0 Å². The van der Waals surface area contributed by atoms with Crippen LogP contribution >= 0.6 is 0 Å². The third kappa shape index (κ3) is 1.86. The van der Waals surface area contributed by atoms with Gasteiger partial charge in [-0.3, -0.25) is 0 Å². The molecule has 86 valence electrons. The number of hydrogen-bond donors (Lipinski definition) is 1. The van der Waals surface area contributed by atoms with Gasteiger partial charge in [0.25, 0.3) is 0 Å². The van der Waals surface area contributed by atoms with Crippen LogP contribution in [0.2, 0.25) is 0 Å². The van der Waals surface area contributed by atoms with Crippen molar-refractivity contribution >= 4 is 0 Å². The van der Waals surface area contributed by atoms with E-state index in [2.05, 4.69) is 10.1 Å². The lowest BCUT2D eigenvalue weighted by Crippen LogP contribution is -2.16. The van der Waals surface area contributed by atoms with E-state index in [0.717, 1.165) is 11.3 Å². The highest BCUT2D eigenvalue weighted by Gasteiger charge is 2.19. The van der Waals surface area contributed by atoms with Gasteiger partial charge in [0, 0.05) is 0 Å². The predicted octanol–water partition coefficient (Wildman–Crippen LogP) is 2.29. The number of furan rings is 1. The number of nitrogens with zero attached hydrogens (tertiary/aromatic N) is 2. The first-order chi connectivity index (χ1) is 7.59. The molecule has 2 heterocycles. The largest absolute Gasteiger partial charge is 0.469 e. The van der Waals surface area contributed by atoms with Crippen LogP contribution in [0.1, 0.15) is 31.5 Å². The molecule has 5 nitrogen and oxygen atoms in total. The minimum absolute atomic E-state index is 0.228. The lowest BCUT2D eigenvalue weighted by molar-refractivity contribution is 0.325.